The van der Waals surface area contributed by atoms with Crippen molar-refractivity contribution in [3.63, 3.8) is 0 Å². The van der Waals surface area contributed by atoms with E-state index < -0.39 is 12.3 Å². The van der Waals surface area contributed by atoms with Crippen molar-refractivity contribution >= 4 is 17.7 Å². The third-order valence-electron chi connectivity index (χ3n) is 9.10. The Hall–Kier alpha value is -4.72. The molecule has 14 heteroatoms. The molecular weight excluding hydrogens is 630 g/mol. The summed E-state index contributed by atoms with van der Waals surface area (Å²) in [4.78, 5) is 22.5. The fourth-order valence-electron chi connectivity index (χ4n) is 6.51. The molecule has 3 N–H and O–H groups in total. The second-order valence-corrected chi connectivity index (χ2v) is 12.5. The van der Waals surface area contributed by atoms with Gasteiger partial charge in [-0.1, -0.05) is 18.2 Å². The highest BCUT2D eigenvalue weighted by Gasteiger charge is 2.46. The Morgan fingerprint density at radius 2 is 1.81 bits per heavy atom. The third-order valence-corrected chi connectivity index (χ3v) is 9.10. The second-order valence-electron chi connectivity index (χ2n) is 12.5. The zero-order chi connectivity index (χ0) is 34.2. The molecule has 2 aromatic carbocycles. The molecule has 2 aliphatic rings. The Bertz CT molecular complexity index is 1800. The van der Waals surface area contributed by atoms with Gasteiger partial charge in [-0.2, -0.15) is 28.2 Å². The number of rotatable bonds is 8. The molecule has 0 radical (unpaired) electrons. The van der Waals surface area contributed by atoms with Crippen LogP contribution in [0.4, 0.5) is 29.3 Å². The number of carbonyl (C=O) groups is 1. The third kappa shape index (κ3) is 6.93. The number of carbonyl (C=O) groups excluding carboxylic acids is 1. The highest BCUT2D eigenvalue weighted by Crippen LogP contribution is 2.43. The lowest BCUT2D eigenvalue weighted by atomic mass is 9.76. The number of alkyl halides is 3. The van der Waals surface area contributed by atoms with Gasteiger partial charge < -0.3 is 25.4 Å². The fourth-order valence-corrected chi connectivity index (χ4v) is 6.51. The average Bonchev–Trinajstić information content (AvgIpc) is 3.67. The molecule has 2 aromatic heterocycles. The second kappa shape index (κ2) is 13.1. The van der Waals surface area contributed by atoms with Gasteiger partial charge in [-0.05, 0) is 86.4 Å². The number of anilines is 2. The maximum atomic E-state index is 14.9. The summed E-state index contributed by atoms with van der Waals surface area (Å²) < 4.78 is 70.7. The molecule has 1 spiro atoms. The van der Waals surface area contributed by atoms with Crippen LogP contribution in [0.25, 0.3) is 16.8 Å². The monoisotopic (exact) mass is 667 g/mol. The number of aryl methyl sites for hydroxylation is 2. The highest BCUT2D eigenvalue weighted by atomic mass is 19.4. The summed E-state index contributed by atoms with van der Waals surface area (Å²) in [6, 6.07) is 11.7. The molecule has 48 heavy (non-hydrogen) atoms. The number of hydrogen-bond acceptors (Lipinski definition) is 9. The van der Waals surface area contributed by atoms with Crippen LogP contribution in [0.15, 0.2) is 54.7 Å². The Morgan fingerprint density at radius 3 is 2.48 bits per heavy atom. The van der Waals surface area contributed by atoms with Gasteiger partial charge in [0.2, 0.25) is 17.9 Å². The van der Waals surface area contributed by atoms with Gasteiger partial charge in [0.25, 0.3) is 0 Å². The molecule has 2 fully saturated rings. The predicted octanol–water partition coefficient (Wildman–Crippen LogP) is 5.86. The van der Waals surface area contributed by atoms with Crippen molar-refractivity contribution in [2.24, 2.45) is 5.41 Å². The number of nitrogen functional groups attached to an aromatic ring is 1. The van der Waals surface area contributed by atoms with E-state index in [2.05, 4.69) is 20.4 Å². The van der Waals surface area contributed by atoms with Crippen molar-refractivity contribution in [1.82, 2.24) is 25.1 Å². The molecule has 10 nitrogen and oxygen atoms in total. The van der Waals surface area contributed by atoms with Crippen molar-refractivity contribution in [1.29, 1.82) is 0 Å². The van der Waals surface area contributed by atoms with Crippen molar-refractivity contribution < 1.29 is 31.8 Å². The van der Waals surface area contributed by atoms with E-state index in [1.807, 2.05) is 4.90 Å². The molecule has 4 aromatic rings. The van der Waals surface area contributed by atoms with Crippen LogP contribution < -0.4 is 20.7 Å². The molecule has 0 saturated carbocycles. The minimum atomic E-state index is -4.85. The number of nitrogens with zero attached hydrogens (tertiary/aromatic N) is 5. The largest absolute Gasteiger partial charge is 0.465 e. The Kier molecular flexibility index (Phi) is 9.03. The van der Waals surface area contributed by atoms with Crippen LogP contribution in [0.1, 0.15) is 49.1 Å². The number of nitrogens with one attached hydrogen (secondary N) is 1. The summed E-state index contributed by atoms with van der Waals surface area (Å²) in [5.74, 6) is -0.836. The summed E-state index contributed by atoms with van der Waals surface area (Å²) in [5.41, 5.74) is 8.08. The molecule has 2 saturated heterocycles. The van der Waals surface area contributed by atoms with Gasteiger partial charge in [0.1, 0.15) is 17.7 Å². The Morgan fingerprint density at radius 1 is 1.08 bits per heavy atom. The van der Waals surface area contributed by atoms with Gasteiger partial charge in [0.05, 0.1) is 18.0 Å². The van der Waals surface area contributed by atoms with E-state index in [9.17, 15) is 22.4 Å². The first-order valence-electron chi connectivity index (χ1n) is 15.8. The van der Waals surface area contributed by atoms with Crippen LogP contribution in [-0.2, 0) is 9.53 Å². The van der Waals surface area contributed by atoms with Gasteiger partial charge in [-0.25, -0.2) is 9.07 Å². The van der Waals surface area contributed by atoms with E-state index in [0.717, 1.165) is 12.8 Å². The van der Waals surface area contributed by atoms with E-state index in [4.69, 9.17) is 15.2 Å². The summed E-state index contributed by atoms with van der Waals surface area (Å²) in [5, 5.41) is 7.65. The quantitative estimate of drug-likeness (QED) is 0.176. The zero-order valence-electron chi connectivity index (χ0n) is 26.9. The number of aromatic nitrogens is 4. The van der Waals surface area contributed by atoms with E-state index in [1.54, 1.807) is 51.2 Å². The first-order chi connectivity index (χ1) is 22.8. The van der Waals surface area contributed by atoms with Crippen molar-refractivity contribution in [2.45, 2.75) is 58.4 Å². The van der Waals surface area contributed by atoms with E-state index in [1.165, 1.54) is 28.9 Å². The van der Waals surface area contributed by atoms with Gasteiger partial charge in [-0.3, -0.25) is 4.79 Å². The summed E-state index contributed by atoms with van der Waals surface area (Å²) >= 11 is 0. The first kappa shape index (κ1) is 33.2. The highest BCUT2D eigenvalue weighted by molar-refractivity contribution is 5.76. The molecule has 4 heterocycles. The molecular formula is C34H37F4N7O3. The number of hydrogen-bond donors (Lipinski definition) is 2. The number of nitrogens with two attached hydrogens (primary N) is 1. The summed E-state index contributed by atoms with van der Waals surface area (Å²) in [7, 11) is 0. The van der Waals surface area contributed by atoms with Crippen LogP contribution in [0, 0.1) is 25.1 Å². The smallest absolute Gasteiger partial charge is 0.429 e. The first-order valence-corrected chi connectivity index (χ1v) is 15.8. The predicted molar refractivity (Wildman–Crippen MR) is 171 cm³/mol. The summed E-state index contributed by atoms with van der Waals surface area (Å²) in [6.45, 7) is 7.24. The van der Waals surface area contributed by atoms with Gasteiger partial charge in [-0.15, -0.1) is 0 Å². The lowest BCUT2D eigenvalue weighted by Gasteiger charge is -2.39. The molecule has 2 atom stereocenters. The molecule has 0 unspecified atom stereocenters. The standard InChI is InChI=1S/C34H37F4N7O3/c1-4-47-31(46)26-18-33(19-40-26)10-13-44(14-11-33)28-17-29(42-32(39)41-28)48-30(34(36,37)38)24-7-5-23(22-6-8-25(35)20(2)15-22)16-27(24)45-12-9-21(3)43-45/h5-9,12,15-17,26,30,40H,4,10-11,13-14,18-19H2,1-3H3,(H2,39,41,42)/t26-,30+/m0/s1. The number of halogens is 4. The zero-order valence-corrected chi connectivity index (χ0v) is 26.9. The van der Waals surface area contributed by atoms with Gasteiger partial charge in [0, 0.05) is 37.5 Å². The molecule has 6 rings (SSSR count). The lowest BCUT2D eigenvalue weighted by molar-refractivity contribution is -0.198. The lowest BCUT2D eigenvalue weighted by Crippen LogP contribution is -2.41. The van der Waals surface area contributed by atoms with Crippen LogP contribution in [-0.4, -0.2) is 64.2 Å². The van der Waals surface area contributed by atoms with Gasteiger partial charge in [0.15, 0.2) is 0 Å². The van der Waals surface area contributed by atoms with Crippen LogP contribution in [0.3, 0.4) is 0 Å². The normalized spacial score (nSPS) is 18.2. The summed E-state index contributed by atoms with van der Waals surface area (Å²) in [6.07, 6.45) is -3.57. The number of benzene rings is 2. The number of ether oxygens (including phenoxy) is 2. The molecule has 0 bridgehead atoms. The van der Waals surface area contributed by atoms with Crippen LogP contribution in [0.5, 0.6) is 5.88 Å². The maximum absolute atomic E-state index is 14.9. The van der Waals surface area contributed by atoms with E-state index in [0.29, 0.717) is 60.9 Å². The maximum Gasteiger partial charge on any atom is 0.429 e. The fraction of sp³-hybridized carbons (Fsp3) is 0.412. The molecule has 254 valence electrons. The van der Waals surface area contributed by atoms with E-state index in [-0.39, 0.29) is 46.3 Å². The Labute approximate surface area is 275 Å². The van der Waals surface area contributed by atoms with Crippen molar-refractivity contribution in [3.8, 4) is 22.7 Å². The average molecular weight is 668 g/mol. The SMILES string of the molecule is CCOC(=O)[C@@H]1CC2(CCN(c3cc(O[C@H](c4ccc(-c5ccc(F)c(C)c5)cc4-n4ccc(C)n4)C(F)(F)F)nc(N)n3)CC2)CN1. The van der Waals surface area contributed by atoms with Crippen molar-refractivity contribution in [2.75, 3.05) is 36.9 Å². The number of esters is 1. The van der Waals surface area contributed by atoms with Crippen LogP contribution >= 0.6 is 0 Å². The molecule has 0 aliphatic carbocycles. The van der Waals surface area contributed by atoms with Crippen molar-refractivity contribution in [3.05, 3.63) is 77.4 Å². The molecule has 2 aliphatic heterocycles. The number of piperidine rings is 1. The topological polar surface area (TPSA) is 120 Å². The Balaban J connectivity index is 1.28. The van der Waals surface area contributed by atoms with Gasteiger partial charge >= 0.3 is 12.1 Å². The van der Waals surface area contributed by atoms with Crippen LogP contribution in [0.2, 0.25) is 0 Å². The minimum Gasteiger partial charge on any atom is -0.465 e. The van der Waals surface area contributed by atoms with E-state index >= 15 is 0 Å². The molecule has 0 amide bonds. The minimum absolute atomic E-state index is 0.0900.